The minimum Gasteiger partial charge on any atom is -0.494 e. The molecule has 1 aromatic carbocycles. The highest BCUT2D eigenvalue weighted by atomic mass is 32.2. The van der Waals surface area contributed by atoms with Crippen molar-refractivity contribution in [3.8, 4) is 5.75 Å². The predicted molar refractivity (Wildman–Crippen MR) is 75.6 cm³/mol. The van der Waals surface area contributed by atoms with Crippen LogP contribution >= 0.6 is 0 Å². The fourth-order valence-electron chi connectivity index (χ4n) is 1.98. The largest absolute Gasteiger partial charge is 0.494 e. The summed E-state index contributed by atoms with van der Waals surface area (Å²) in [5, 5.41) is 0. The van der Waals surface area contributed by atoms with Crippen LogP contribution in [0.1, 0.15) is 12.8 Å². The Kier molecular flexibility index (Phi) is 5.39. The molecule has 19 heavy (non-hydrogen) atoms. The Morgan fingerprint density at radius 3 is 2.58 bits per heavy atom. The highest BCUT2D eigenvalue weighted by Gasteiger charge is 2.19. The topological polar surface area (TPSA) is 46.6 Å². The minimum absolute atomic E-state index is 0.147. The molecule has 1 amide bonds. The van der Waals surface area contributed by atoms with Crippen LogP contribution in [0.5, 0.6) is 5.75 Å². The van der Waals surface area contributed by atoms with Crippen LogP contribution in [0.4, 0.5) is 0 Å². The first kappa shape index (κ1) is 14.1. The fourth-order valence-corrected chi connectivity index (χ4v) is 3.03. The van der Waals surface area contributed by atoms with Crippen molar-refractivity contribution in [3.63, 3.8) is 0 Å². The molecule has 0 radical (unpaired) electrons. The highest BCUT2D eigenvalue weighted by molar-refractivity contribution is 7.85. The molecule has 0 unspecified atom stereocenters. The number of carbonyl (C=O) groups excluding carboxylic acids is 1. The van der Waals surface area contributed by atoms with Gasteiger partial charge in [0.2, 0.25) is 5.91 Å². The van der Waals surface area contributed by atoms with E-state index in [0.29, 0.717) is 44.0 Å². The summed E-state index contributed by atoms with van der Waals surface area (Å²) in [5.74, 6) is 2.22. The third-order valence-corrected chi connectivity index (χ3v) is 4.35. The van der Waals surface area contributed by atoms with Gasteiger partial charge in [-0.15, -0.1) is 0 Å². The minimum atomic E-state index is -0.728. The number of nitrogens with zero attached hydrogens (tertiary/aromatic N) is 1. The van der Waals surface area contributed by atoms with E-state index in [9.17, 15) is 9.00 Å². The SMILES string of the molecule is O=C(CCCOc1ccccc1)N1CCS(=O)CC1. The van der Waals surface area contributed by atoms with Crippen molar-refractivity contribution in [2.45, 2.75) is 12.8 Å². The fraction of sp³-hybridized carbons (Fsp3) is 0.500. The highest BCUT2D eigenvalue weighted by Crippen LogP contribution is 2.09. The van der Waals surface area contributed by atoms with E-state index >= 15 is 0 Å². The van der Waals surface area contributed by atoms with E-state index in [1.165, 1.54) is 0 Å². The molecule has 0 bridgehead atoms. The molecular formula is C14H19NO3S. The van der Waals surface area contributed by atoms with E-state index in [0.717, 1.165) is 5.75 Å². The number of benzene rings is 1. The molecule has 0 atom stereocenters. The normalized spacial score (nSPS) is 16.3. The molecule has 1 aromatic rings. The number of para-hydroxylation sites is 1. The standard InChI is InChI=1S/C14H19NO3S/c16-14(15-8-11-19(17)12-9-15)7-4-10-18-13-5-2-1-3-6-13/h1-3,5-6H,4,7-12H2. The van der Waals surface area contributed by atoms with Crippen LogP contribution in [-0.4, -0.2) is 46.2 Å². The Balaban J connectivity index is 1.63. The molecule has 2 rings (SSSR count). The maximum absolute atomic E-state index is 11.9. The van der Waals surface area contributed by atoms with Gasteiger partial charge in [0.25, 0.3) is 0 Å². The quantitative estimate of drug-likeness (QED) is 0.767. The van der Waals surface area contributed by atoms with E-state index in [4.69, 9.17) is 4.74 Å². The molecule has 1 aliphatic heterocycles. The van der Waals surface area contributed by atoms with Gasteiger partial charge >= 0.3 is 0 Å². The van der Waals surface area contributed by atoms with Gasteiger partial charge in [-0.25, -0.2) is 0 Å². The van der Waals surface area contributed by atoms with Gasteiger partial charge in [0.15, 0.2) is 0 Å². The maximum Gasteiger partial charge on any atom is 0.222 e. The summed E-state index contributed by atoms with van der Waals surface area (Å²) in [6, 6.07) is 9.60. The van der Waals surface area contributed by atoms with Gasteiger partial charge in [-0.1, -0.05) is 18.2 Å². The van der Waals surface area contributed by atoms with Gasteiger partial charge in [0, 0.05) is 41.8 Å². The Labute approximate surface area is 116 Å². The van der Waals surface area contributed by atoms with Crippen LogP contribution in [0.25, 0.3) is 0 Å². The molecule has 1 fully saturated rings. The first-order chi connectivity index (χ1) is 9.25. The summed E-state index contributed by atoms with van der Waals surface area (Å²) in [7, 11) is -0.728. The van der Waals surface area contributed by atoms with Crippen LogP contribution in [0.3, 0.4) is 0 Å². The molecule has 5 heteroatoms. The van der Waals surface area contributed by atoms with Crippen molar-refractivity contribution in [3.05, 3.63) is 30.3 Å². The number of carbonyl (C=O) groups is 1. The monoisotopic (exact) mass is 281 g/mol. The van der Waals surface area contributed by atoms with Crippen LogP contribution in [0.15, 0.2) is 30.3 Å². The van der Waals surface area contributed by atoms with Crippen molar-refractivity contribution < 1.29 is 13.7 Å². The van der Waals surface area contributed by atoms with E-state index in [1.54, 1.807) is 0 Å². The molecule has 1 heterocycles. The van der Waals surface area contributed by atoms with Crippen molar-refractivity contribution in [2.75, 3.05) is 31.2 Å². The van der Waals surface area contributed by atoms with Gasteiger partial charge in [-0.2, -0.15) is 0 Å². The zero-order valence-electron chi connectivity index (χ0n) is 10.9. The van der Waals surface area contributed by atoms with E-state index < -0.39 is 10.8 Å². The second-order valence-electron chi connectivity index (χ2n) is 4.49. The third kappa shape index (κ3) is 4.67. The van der Waals surface area contributed by atoms with Crippen molar-refractivity contribution in [1.29, 1.82) is 0 Å². The van der Waals surface area contributed by atoms with E-state index in [-0.39, 0.29) is 5.91 Å². The Bertz CT molecular complexity index is 426. The Morgan fingerprint density at radius 2 is 1.89 bits per heavy atom. The number of hydrogen-bond acceptors (Lipinski definition) is 3. The van der Waals surface area contributed by atoms with Crippen LogP contribution < -0.4 is 4.74 Å². The van der Waals surface area contributed by atoms with Crippen molar-refractivity contribution >= 4 is 16.7 Å². The number of rotatable bonds is 5. The molecule has 104 valence electrons. The molecule has 1 aliphatic rings. The first-order valence-corrected chi connectivity index (χ1v) is 8.05. The van der Waals surface area contributed by atoms with Gasteiger partial charge in [-0.05, 0) is 18.6 Å². The molecule has 0 aliphatic carbocycles. The molecular weight excluding hydrogens is 262 g/mol. The lowest BCUT2D eigenvalue weighted by molar-refractivity contribution is -0.131. The summed E-state index contributed by atoms with van der Waals surface area (Å²) >= 11 is 0. The molecule has 4 nitrogen and oxygen atoms in total. The van der Waals surface area contributed by atoms with Gasteiger partial charge in [0.1, 0.15) is 5.75 Å². The smallest absolute Gasteiger partial charge is 0.222 e. The summed E-state index contributed by atoms with van der Waals surface area (Å²) in [6.07, 6.45) is 1.22. The van der Waals surface area contributed by atoms with Crippen LogP contribution in [0.2, 0.25) is 0 Å². The van der Waals surface area contributed by atoms with Gasteiger partial charge in [-0.3, -0.25) is 9.00 Å². The van der Waals surface area contributed by atoms with Crippen LogP contribution in [0, 0.1) is 0 Å². The second kappa shape index (κ2) is 7.28. The molecule has 1 saturated heterocycles. The third-order valence-electron chi connectivity index (χ3n) is 3.08. The summed E-state index contributed by atoms with van der Waals surface area (Å²) in [5.41, 5.74) is 0. The zero-order valence-corrected chi connectivity index (χ0v) is 11.7. The van der Waals surface area contributed by atoms with E-state index in [1.807, 2.05) is 35.2 Å². The van der Waals surface area contributed by atoms with Crippen molar-refractivity contribution in [2.24, 2.45) is 0 Å². The predicted octanol–water partition coefficient (Wildman–Crippen LogP) is 1.44. The van der Waals surface area contributed by atoms with E-state index in [2.05, 4.69) is 0 Å². The molecule has 0 aromatic heterocycles. The van der Waals surface area contributed by atoms with Gasteiger partial charge < -0.3 is 9.64 Å². The lowest BCUT2D eigenvalue weighted by atomic mass is 10.3. The van der Waals surface area contributed by atoms with Gasteiger partial charge in [0.05, 0.1) is 6.61 Å². The Morgan fingerprint density at radius 1 is 1.21 bits per heavy atom. The number of hydrogen-bond donors (Lipinski definition) is 0. The molecule has 0 saturated carbocycles. The Hall–Kier alpha value is -1.36. The summed E-state index contributed by atoms with van der Waals surface area (Å²) in [6.45, 7) is 1.81. The first-order valence-electron chi connectivity index (χ1n) is 6.56. The number of ether oxygens (including phenoxy) is 1. The van der Waals surface area contributed by atoms with Crippen LogP contribution in [-0.2, 0) is 15.6 Å². The average Bonchev–Trinajstić information content (AvgIpc) is 2.45. The molecule has 0 N–H and O–H groups in total. The summed E-state index contributed by atoms with van der Waals surface area (Å²) in [4.78, 5) is 13.7. The summed E-state index contributed by atoms with van der Waals surface area (Å²) < 4.78 is 16.7. The molecule has 0 spiro atoms. The average molecular weight is 281 g/mol. The lowest BCUT2D eigenvalue weighted by Gasteiger charge is -2.26. The van der Waals surface area contributed by atoms with Crippen molar-refractivity contribution in [1.82, 2.24) is 4.90 Å². The lowest BCUT2D eigenvalue weighted by Crippen LogP contribution is -2.41. The number of amides is 1. The zero-order chi connectivity index (χ0) is 13.5. The second-order valence-corrected chi connectivity index (χ2v) is 6.19. The maximum atomic E-state index is 11.9.